The smallest absolute Gasteiger partial charge is 0.273 e. The molecule has 0 aliphatic carbocycles. The van der Waals surface area contributed by atoms with E-state index < -0.39 is 15.0 Å². The molecule has 21 heavy (non-hydrogen) atoms. The predicted molar refractivity (Wildman–Crippen MR) is 79.1 cm³/mol. The number of unbranched alkanes of at least 4 members (excludes halogenated alkanes) is 1. The third-order valence-electron chi connectivity index (χ3n) is 2.81. The first-order valence-corrected chi connectivity index (χ1v) is 9.01. The molecule has 0 radical (unpaired) electrons. The summed E-state index contributed by atoms with van der Waals surface area (Å²) < 4.78 is 28.2. The van der Waals surface area contributed by atoms with Crippen LogP contribution in [0.3, 0.4) is 0 Å². The Morgan fingerprint density at radius 2 is 2.14 bits per heavy atom. The maximum Gasteiger partial charge on any atom is 0.273 e. The minimum absolute atomic E-state index is 0.180. The molecule has 0 aromatic carbocycles. The van der Waals surface area contributed by atoms with Gasteiger partial charge in [0.1, 0.15) is 4.90 Å². The first-order chi connectivity index (χ1) is 9.91. The molecule has 0 bridgehead atoms. The van der Waals surface area contributed by atoms with Crippen molar-refractivity contribution in [1.29, 1.82) is 0 Å². The molecular formula is C12H20ClN3O4S. The summed E-state index contributed by atoms with van der Waals surface area (Å²) in [5, 5.41) is 9.00. The largest absolute Gasteiger partial charge is 0.385 e. The van der Waals surface area contributed by atoms with Crippen molar-refractivity contribution in [3.63, 3.8) is 0 Å². The number of nitrogens with one attached hydrogen (secondary N) is 2. The van der Waals surface area contributed by atoms with Crippen LogP contribution in [0.15, 0.2) is 4.90 Å². The van der Waals surface area contributed by atoms with Crippen molar-refractivity contribution in [3.05, 3.63) is 11.4 Å². The average Bonchev–Trinajstić information content (AvgIpc) is 2.82. The van der Waals surface area contributed by atoms with Gasteiger partial charge in [-0.1, -0.05) is 13.3 Å². The number of rotatable bonds is 9. The average molecular weight is 338 g/mol. The molecule has 1 amide bonds. The topological polar surface area (TPSA) is 101 Å². The fourth-order valence-electron chi connectivity index (χ4n) is 1.86. The molecule has 0 aliphatic rings. The second-order valence-electron chi connectivity index (χ2n) is 4.52. The van der Waals surface area contributed by atoms with E-state index >= 15 is 0 Å². The third-order valence-corrected chi connectivity index (χ3v) is 4.20. The Bertz CT molecular complexity index is 571. The summed E-state index contributed by atoms with van der Waals surface area (Å²) in [6, 6.07) is 0. The lowest BCUT2D eigenvalue weighted by molar-refractivity contribution is 0.0943. The number of hydrogen-bond acceptors (Lipinski definition) is 5. The standard InChI is InChI=1S/C12H20ClN3O4S/c1-3-6-9-11(21(13,18)19)10(16-15-9)12(17)14-7-4-5-8-20-2/h3-8H2,1-2H3,(H,14,17)(H,15,16). The van der Waals surface area contributed by atoms with E-state index in [1.807, 2.05) is 6.92 Å². The molecule has 120 valence electrons. The van der Waals surface area contributed by atoms with Gasteiger partial charge in [-0.05, 0) is 19.3 Å². The molecule has 0 atom stereocenters. The third kappa shape index (κ3) is 5.29. The van der Waals surface area contributed by atoms with Crippen molar-refractivity contribution in [3.8, 4) is 0 Å². The quantitative estimate of drug-likeness (QED) is 0.524. The molecule has 9 heteroatoms. The van der Waals surface area contributed by atoms with Crippen LogP contribution in [0.4, 0.5) is 0 Å². The summed E-state index contributed by atoms with van der Waals surface area (Å²) >= 11 is 0. The van der Waals surface area contributed by atoms with Crippen molar-refractivity contribution in [2.24, 2.45) is 0 Å². The van der Waals surface area contributed by atoms with Gasteiger partial charge in [-0.15, -0.1) is 0 Å². The van der Waals surface area contributed by atoms with Crippen LogP contribution in [-0.2, 0) is 20.2 Å². The molecule has 2 N–H and O–H groups in total. The van der Waals surface area contributed by atoms with Crippen LogP contribution in [0.5, 0.6) is 0 Å². The molecule has 0 aliphatic heterocycles. The van der Waals surface area contributed by atoms with Gasteiger partial charge in [-0.25, -0.2) is 8.42 Å². The highest BCUT2D eigenvalue weighted by Crippen LogP contribution is 2.23. The number of methoxy groups -OCH3 is 1. The molecule has 0 fully saturated rings. The lowest BCUT2D eigenvalue weighted by atomic mass is 10.2. The Kier molecular flexibility index (Phi) is 7.13. The Balaban J connectivity index is 2.80. The van der Waals surface area contributed by atoms with Gasteiger partial charge in [0.15, 0.2) is 5.69 Å². The first-order valence-electron chi connectivity index (χ1n) is 6.70. The number of carbonyl (C=O) groups is 1. The second kappa shape index (κ2) is 8.35. The number of ether oxygens (including phenoxy) is 1. The van der Waals surface area contributed by atoms with Gasteiger partial charge < -0.3 is 10.1 Å². The van der Waals surface area contributed by atoms with Gasteiger partial charge in [-0.2, -0.15) is 5.10 Å². The van der Waals surface area contributed by atoms with Crippen molar-refractivity contribution < 1.29 is 17.9 Å². The highest BCUT2D eigenvalue weighted by atomic mass is 35.7. The van der Waals surface area contributed by atoms with Crippen LogP contribution in [0.25, 0.3) is 0 Å². The van der Waals surface area contributed by atoms with Gasteiger partial charge in [-0.3, -0.25) is 9.89 Å². The number of aromatic nitrogens is 2. The van der Waals surface area contributed by atoms with E-state index in [9.17, 15) is 13.2 Å². The van der Waals surface area contributed by atoms with Crippen molar-refractivity contribution in [2.45, 2.75) is 37.5 Å². The zero-order valence-corrected chi connectivity index (χ0v) is 13.7. The molecule has 7 nitrogen and oxygen atoms in total. The van der Waals surface area contributed by atoms with Crippen LogP contribution in [-0.4, -0.2) is 44.8 Å². The predicted octanol–water partition coefficient (Wildman–Crippen LogP) is 1.45. The molecule has 1 heterocycles. The lowest BCUT2D eigenvalue weighted by Gasteiger charge is -2.04. The van der Waals surface area contributed by atoms with Gasteiger partial charge in [0.2, 0.25) is 0 Å². The summed E-state index contributed by atoms with van der Waals surface area (Å²) in [5.41, 5.74) is 0.178. The fraction of sp³-hybridized carbons (Fsp3) is 0.667. The zero-order chi connectivity index (χ0) is 15.9. The van der Waals surface area contributed by atoms with E-state index in [1.54, 1.807) is 7.11 Å². The minimum Gasteiger partial charge on any atom is -0.385 e. The molecule has 0 saturated heterocycles. The van der Waals surface area contributed by atoms with Crippen LogP contribution in [0.2, 0.25) is 0 Å². The summed E-state index contributed by atoms with van der Waals surface area (Å²) in [5.74, 6) is -0.551. The van der Waals surface area contributed by atoms with Gasteiger partial charge in [0.05, 0.1) is 5.69 Å². The minimum atomic E-state index is -4.03. The number of carbonyl (C=O) groups excluding carboxylic acids is 1. The Labute approximate surface area is 128 Å². The SMILES string of the molecule is CCCc1[nH]nc(C(=O)NCCCCOC)c1S(=O)(=O)Cl. The highest BCUT2D eigenvalue weighted by Gasteiger charge is 2.27. The summed E-state index contributed by atoms with van der Waals surface area (Å²) in [6.07, 6.45) is 2.70. The monoisotopic (exact) mass is 337 g/mol. The van der Waals surface area contributed by atoms with E-state index in [-0.39, 0.29) is 10.6 Å². The Morgan fingerprint density at radius 1 is 1.43 bits per heavy atom. The number of aromatic amines is 1. The number of hydrogen-bond donors (Lipinski definition) is 2. The van der Waals surface area contributed by atoms with E-state index in [0.717, 1.165) is 12.8 Å². The Hall–Kier alpha value is -1.12. The molecule has 1 rings (SSSR count). The van der Waals surface area contributed by atoms with Crippen LogP contribution < -0.4 is 5.32 Å². The molecule has 1 aromatic rings. The van der Waals surface area contributed by atoms with Crippen molar-refractivity contribution in [1.82, 2.24) is 15.5 Å². The number of amides is 1. The van der Waals surface area contributed by atoms with E-state index in [1.165, 1.54) is 0 Å². The summed E-state index contributed by atoms with van der Waals surface area (Å²) in [6.45, 7) is 2.92. The van der Waals surface area contributed by atoms with Gasteiger partial charge in [0, 0.05) is 30.9 Å². The fourth-order valence-corrected chi connectivity index (χ4v) is 3.17. The molecule has 0 spiro atoms. The number of halogens is 1. The number of aryl methyl sites for hydroxylation is 1. The van der Waals surface area contributed by atoms with E-state index in [2.05, 4.69) is 15.5 Å². The van der Waals surface area contributed by atoms with E-state index in [4.69, 9.17) is 15.4 Å². The molecule has 1 aromatic heterocycles. The lowest BCUT2D eigenvalue weighted by Crippen LogP contribution is -2.26. The summed E-state index contributed by atoms with van der Waals surface area (Å²) in [7, 11) is 2.99. The molecule has 0 saturated carbocycles. The Morgan fingerprint density at radius 3 is 2.71 bits per heavy atom. The zero-order valence-electron chi connectivity index (χ0n) is 12.1. The van der Waals surface area contributed by atoms with Crippen LogP contribution in [0.1, 0.15) is 42.4 Å². The normalized spacial score (nSPS) is 11.6. The van der Waals surface area contributed by atoms with Gasteiger partial charge in [0.25, 0.3) is 15.0 Å². The first kappa shape index (κ1) is 17.9. The highest BCUT2D eigenvalue weighted by molar-refractivity contribution is 8.13. The van der Waals surface area contributed by atoms with Crippen LogP contribution >= 0.6 is 10.7 Å². The van der Waals surface area contributed by atoms with Gasteiger partial charge >= 0.3 is 0 Å². The van der Waals surface area contributed by atoms with Crippen LogP contribution in [0, 0.1) is 0 Å². The maximum atomic E-state index is 12.0. The van der Waals surface area contributed by atoms with Crippen molar-refractivity contribution in [2.75, 3.05) is 20.3 Å². The molecular weight excluding hydrogens is 318 g/mol. The maximum absolute atomic E-state index is 12.0. The number of nitrogens with zero attached hydrogens (tertiary/aromatic N) is 1. The molecule has 0 unspecified atom stereocenters. The second-order valence-corrected chi connectivity index (χ2v) is 7.03. The van der Waals surface area contributed by atoms with E-state index in [0.29, 0.717) is 31.7 Å². The van der Waals surface area contributed by atoms with Crippen molar-refractivity contribution >= 4 is 25.6 Å². The summed E-state index contributed by atoms with van der Waals surface area (Å²) in [4.78, 5) is 11.8. The number of H-pyrrole nitrogens is 1.